The van der Waals surface area contributed by atoms with Crippen molar-refractivity contribution in [2.45, 2.75) is 31.9 Å². The molecule has 0 spiro atoms. The van der Waals surface area contributed by atoms with Crippen LogP contribution in [-0.4, -0.2) is 66.9 Å². The van der Waals surface area contributed by atoms with Gasteiger partial charge in [0.2, 0.25) is 6.41 Å². The number of ether oxygens (including phenoxy) is 1. The van der Waals surface area contributed by atoms with Gasteiger partial charge >= 0.3 is 0 Å². The molecule has 0 saturated carbocycles. The number of β-amino-alcohol motifs (C(OH)–C–C–N with tert-alkyl or cyclic N) is 1. The Labute approximate surface area is 146 Å². The van der Waals surface area contributed by atoms with Gasteiger partial charge in [-0.1, -0.05) is 6.07 Å². The molecule has 23 heavy (non-hydrogen) atoms. The number of aromatic nitrogens is 1. The predicted octanol–water partition coefficient (Wildman–Crippen LogP) is 1.36. The summed E-state index contributed by atoms with van der Waals surface area (Å²) in [7, 11) is 1.59. The summed E-state index contributed by atoms with van der Waals surface area (Å²) in [5, 5.41) is 12.3. The molecule has 1 aromatic rings. The molecule has 1 atom stereocenters. The van der Waals surface area contributed by atoms with Crippen molar-refractivity contribution in [2.24, 2.45) is 0 Å². The van der Waals surface area contributed by atoms with Gasteiger partial charge in [-0.3, -0.25) is 4.79 Å². The van der Waals surface area contributed by atoms with E-state index in [1.807, 2.05) is 25.1 Å². The van der Waals surface area contributed by atoms with Gasteiger partial charge < -0.3 is 20.1 Å². The molecule has 1 aliphatic heterocycles. The van der Waals surface area contributed by atoms with Crippen LogP contribution in [0.1, 0.15) is 18.5 Å². The van der Waals surface area contributed by atoms with Gasteiger partial charge in [-0.05, 0) is 47.8 Å². The number of pyridine rings is 1. The van der Waals surface area contributed by atoms with E-state index in [4.69, 9.17) is 4.74 Å². The normalized spacial score (nSPS) is 17.0. The van der Waals surface area contributed by atoms with Gasteiger partial charge in [0.25, 0.3) is 0 Å². The number of aliphatic hydroxyl groups excluding tert-OH is 1. The number of likely N-dealkylation sites (tertiary alicyclic amines) is 1. The maximum absolute atomic E-state index is 10.2. The molecule has 0 aromatic carbocycles. The summed E-state index contributed by atoms with van der Waals surface area (Å²) >= 11 is 3.25. The Hall–Kier alpha value is -1.02. The molecule has 1 amide bonds. The van der Waals surface area contributed by atoms with Crippen LogP contribution < -0.4 is 5.32 Å². The second kappa shape index (κ2) is 11.5. The average molecular weight is 388 g/mol. The van der Waals surface area contributed by atoms with Crippen LogP contribution in [0.4, 0.5) is 0 Å². The van der Waals surface area contributed by atoms with Crippen molar-refractivity contribution in [2.75, 3.05) is 33.4 Å². The number of carbonyl (C=O) groups excluding carboxylic acids is 1. The Morgan fingerprint density at radius 2 is 2.22 bits per heavy atom. The van der Waals surface area contributed by atoms with Crippen LogP contribution >= 0.6 is 15.9 Å². The van der Waals surface area contributed by atoms with E-state index in [0.29, 0.717) is 19.2 Å². The van der Waals surface area contributed by atoms with Crippen LogP contribution in [0.2, 0.25) is 0 Å². The Balaban J connectivity index is 0.000000277. The van der Waals surface area contributed by atoms with Gasteiger partial charge in [0.15, 0.2) is 0 Å². The second-order valence-electron chi connectivity index (χ2n) is 5.57. The van der Waals surface area contributed by atoms with Crippen molar-refractivity contribution >= 4 is 22.3 Å². The number of aryl methyl sites for hydroxylation is 1. The smallest absolute Gasteiger partial charge is 0.207 e. The minimum Gasteiger partial charge on any atom is -0.389 e. The summed E-state index contributed by atoms with van der Waals surface area (Å²) in [6.45, 7) is 4.84. The van der Waals surface area contributed by atoms with Crippen LogP contribution in [0.25, 0.3) is 0 Å². The van der Waals surface area contributed by atoms with Gasteiger partial charge in [-0.15, -0.1) is 0 Å². The predicted molar refractivity (Wildman–Crippen MR) is 93.2 cm³/mol. The highest BCUT2D eigenvalue weighted by atomic mass is 79.9. The second-order valence-corrected chi connectivity index (χ2v) is 6.38. The lowest BCUT2D eigenvalue weighted by Crippen LogP contribution is -2.45. The highest BCUT2D eigenvalue weighted by Crippen LogP contribution is 2.10. The Morgan fingerprint density at radius 3 is 2.70 bits per heavy atom. The van der Waals surface area contributed by atoms with Gasteiger partial charge in [0.1, 0.15) is 4.60 Å². The molecule has 0 aliphatic carbocycles. The fourth-order valence-electron chi connectivity index (χ4n) is 2.43. The van der Waals surface area contributed by atoms with E-state index in [1.54, 1.807) is 7.11 Å². The molecule has 1 aromatic heterocycles. The number of hydrogen-bond acceptors (Lipinski definition) is 5. The summed E-state index contributed by atoms with van der Waals surface area (Å²) in [4.78, 5) is 16.5. The molecule has 1 fully saturated rings. The van der Waals surface area contributed by atoms with E-state index >= 15 is 0 Å². The van der Waals surface area contributed by atoms with Gasteiger partial charge in [0.05, 0.1) is 12.7 Å². The van der Waals surface area contributed by atoms with Crippen LogP contribution in [0.15, 0.2) is 22.8 Å². The first-order chi connectivity index (χ1) is 11.0. The maximum atomic E-state index is 10.2. The standard InChI is InChI=1S/C10H20N2O3.C6H6BrN/c1-15-7-10(14)6-12-4-2-9(3-5-12)11-8-13;1-5-3-2-4-6(7)8-5/h8-10,14H,2-7H2,1H3,(H,11,13);2-4H,1H3. The number of aliphatic hydroxyl groups is 1. The SMILES string of the molecule is COCC(O)CN1CCC(NC=O)CC1.Cc1cccc(Br)n1. The number of hydrogen-bond donors (Lipinski definition) is 2. The number of halogens is 1. The largest absolute Gasteiger partial charge is 0.389 e. The van der Waals surface area contributed by atoms with Gasteiger partial charge in [0, 0.05) is 38.5 Å². The zero-order valence-electron chi connectivity index (χ0n) is 13.7. The molecular formula is C16H26BrN3O3. The fraction of sp³-hybridized carbons (Fsp3) is 0.625. The third-order valence-electron chi connectivity index (χ3n) is 3.57. The van der Waals surface area contributed by atoms with E-state index in [0.717, 1.165) is 42.6 Å². The van der Waals surface area contributed by atoms with Crippen molar-refractivity contribution in [3.8, 4) is 0 Å². The molecule has 6 nitrogen and oxygen atoms in total. The number of nitrogens with zero attached hydrogens (tertiary/aromatic N) is 2. The highest BCUT2D eigenvalue weighted by Gasteiger charge is 2.20. The topological polar surface area (TPSA) is 74.7 Å². The third kappa shape index (κ3) is 9.00. The summed E-state index contributed by atoms with van der Waals surface area (Å²) < 4.78 is 5.77. The summed E-state index contributed by atoms with van der Waals surface area (Å²) in [6.07, 6.45) is 2.27. The monoisotopic (exact) mass is 387 g/mol. The molecular weight excluding hydrogens is 362 g/mol. The zero-order valence-corrected chi connectivity index (χ0v) is 15.3. The minimum atomic E-state index is -0.411. The summed E-state index contributed by atoms with van der Waals surface area (Å²) in [5.74, 6) is 0. The molecule has 2 heterocycles. The number of piperidine rings is 1. The van der Waals surface area contributed by atoms with Crippen LogP contribution in [-0.2, 0) is 9.53 Å². The number of amides is 1. The Morgan fingerprint density at radius 1 is 1.52 bits per heavy atom. The first-order valence-electron chi connectivity index (χ1n) is 7.73. The molecule has 7 heteroatoms. The third-order valence-corrected chi connectivity index (χ3v) is 4.02. The quantitative estimate of drug-likeness (QED) is 0.569. The van der Waals surface area contributed by atoms with E-state index in [1.165, 1.54) is 0 Å². The molecule has 1 unspecified atom stereocenters. The molecule has 1 saturated heterocycles. The van der Waals surface area contributed by atoms with Crippen LogP contribution in [0.3, 0.4) is 0 Å². The van der Waals surface area contributed by atoms with Crippen LogP contribution in [0.5, 0.6) is 0 Å². The van der Waals surface area contributed by atoms with Crippen molar-refractivity contribution in [3.63, 3.8) is 0 Å². The van der Waals surface area contributed by atoms with Gasteiger partial charge in [-0.2, -0.15) is 0 Å². The molecule has 2 rings (SSSR count). The molecule has 2 N–H and O–H groups in total. The van der Waals surface area contributed by atoms with Crippen molar-refractivity contribution in [3.05, 3.63) is 28.5 Å². The average Bonchev–Trinajstić information content (AvgIpc) is 2.50. The lowest BCUT2D eigenvalue weighted by molar-refractivity contribution is -0.110. The van der Waals surface area contributed by atoms with E-state index in [-0.39, 0.29) is 0 Å². The molecule has 130 valence electrons. The fourth-order valence-corrected chi connectivity index (χ4v) is 2.86. The molecule has 0 bridgehead atoms. The van der Waals surface area contributed by atoms with Crippen LogP contribution in [0, 0.1) is 6.92 Å². The number of methoxy groups -OCH3 is 1. The zero-order chi connectivity index (χ0) is 17.1. The first kappa shape index (κ1) is 20.0. The van der Waals surface area contributed by atoms with Crippen molar-refractivity contribution in [1.82, 2.24) is 15.2 Å². The maximum Gasteiger partial charge on any atom is 0.207 e. The molecule has 0 radical (unpaired) electrons. The van der Waals surface area contributed by atoms with Crippen molar-refractivity contribution in [1.29, 1.82) is 0 Å². The highest BCUT2D eigenvalue weighted by molar-refractivity contribution is 9.10. The van der Waals surface area contributed by atoms with E-state index in [2.05, 4.69) is 31.1 Å². The minimum absolute atomic E-state index is 0.304. The number of rotatable bonds is 6. The van der Waals surface area contributed by atoms with E-state index < -0.39 is 6.10 Å². The Kier molecular flexibility index (Phi) is 10.0. The number of nitrogens with one attached hydrogen (secondary N) is 1. The lowest BCUT2D eigenvalue weighted by atomic mass is 10.1. The summed E-state index contributed by atoms with van der Waals surface area (Å²) in [5.41, 5.74) is 1.04. The van der Waals surface area contributed by atoms with E-state index in [9.17, 15) is 9.90 Å². The Bertz CT molecular complexity index is 437. The number of carbonyl (C=O) groups is 1. The lowest BCUT2D eigenvalue weighted by Gasteiger charge is -2.32. The summed E-state index contributed by atoms with van der Waals surface area (Å²) in [6, 6.07) is 6.14. The van der Waals surface area contributed by atoms with Crippen molar-refractivity contribution < 1.29 is 14.6 Å². The first-order valence-corrected chi connectivity index (χ1v) is 8.52. The molecule has 1 aliphatic rings. The van der Waals surface area contributed by atoms with Gasteiger partial charge in [-0.25, -0.2) is 4.98 Å².